The highest BCUT2D eigenvalue weighted by atomic mass is 79.9. The number of alkyl halides is 1. The Hall–Kier alpha value is -1.20. The molecule has 0 atom stereocenters. The van der Waals surface area contributed by atoms with Crippen LogP contribution in [0, 0.1) is 5.82 Å². The van der Waals surface area contributed by atoms with E-state index < -0.39 is 5.82 Å². The van der Waals surface area contributed by atoms with Crippen molar-refractivity contribution in [3.63, 3.8) is 0 Å². The van der Waals surface area contributed by atoms with Crippen LogP contribution in [0.3, 0.4) is 0 Å². The van der Waals surface area contributed by atoms with Gasteiger partial charge in [-0.05, 0) is 45.8 Å². The predicted molar refractivity (Wildman–Crippen MR) is 81.1 cm³/mol. The number of amides is 1. The monoisotopic (exact) mass is 385 g/mol. The van der Waals surface area contributed by atoms with Gasteiger partial charge >= 0.3 is 0 Å². The molecule has 0 saturated carbocycles. The molecule has 0 heterocycles. The number of para-hydroxylation sites is 1. The lowest BCUT2D eigenvalue weighted by Gasteiger charge is -2.09. The molecule has 1 N–H and O–H groups in total. The van der Waals surface area contributed by atoms with Crippen LogP contribution in [-0.2, 0) is 5.33 Å². The van der Waals surface area contributed by atoms with Gasteiger partial charge in [0.05, 0.1) is 4.47 Å². The zero-order chi connectivity index (χ0) is 13.8. The molecule has 0 aliphatic carbocycles. The second kappa shape index (κ2) is 6.30. The van der Waals surface area contributed by atoms with Crippen molar-refractivity contribution in [3.05, 3.63) is 63.9 Å². The van der Waals surface area contributed by atoms with E-state index in [0.717, 1.165) is 5.56 Å². The quantitative estimate of drug-likeness (QED) is 0.758. The normalized spacial score (nSPS) is 10.3. The number of hydrogen-bond acceptors (Lipinski definition) is 1. The highest BCUT2D eigenvalue weighted by molar-refractivity contribution is 9.10. The molecule has 0 aromatic heterocycles. The van der Waals surface area contributed by atoms with Gasteiger partial charge in [-0.2, -0.15) is 0 Å². The Morgan fingerprint density at radius 1 is 1.21 bits per heavy atom. The van der Waals surface area contributed by atoms with Crippen molar-refractivity contribution in [1.29, 1.82) is 0 Å². The molecule has 0 spiro atoms. The summed E-state index contributed by atoms with van der Waals surface area (Å²) >= 11 is 6.41. The topological polar surface area (TPSA) is 29.1 Å². The molecule has 98 valence electrons. The fourth-order valence-electron chi connectivity index (χ4n) is 1.59. The number of carbonyl (C=O) groups excluding carboxylic acids is 1. The summed E-state index contributed by atoms with van der Waals surface area (Å²) in [5, 5.41) is 3.41. The van der Waals surface area contributed by atoms with E-state index in [2.05, 4.69) is 37.2 Å². The third kappa shape index (κ3) is 3.42. The van der Waals surface area contributed by atoms with E-state index in [9.17, 15) is 9.18 Å². The maximum atomic E-state index is 13.4. The fraction of sp³-hybridized carbons (Fsp3) is 0.0714. The molecule has 0 aliphatic heterocycles. The van der Waals surface area contributed by atoms with Gasteiger partial charge in [-0.25, -0.2) is 4.39 Å². The smallest absolute Gasteiger partial charge is 0.255 e. The largest absolute Gasteiger partial charge is 0.322 e. The van der Waals surface area contributed by atoms with Crippen LogP contribution in [0.15, 0.2) is 46.9 Å². The minimum Gasteiger partial charge on any atom is -0.322 e. The standard InChI is InChI=1S/C14H10Br2FNO/c15-8-10-3-1-2-4-13(10)18-14(19)9-5-6-11(16)12(17)7-9/h1-7H,8H2,(H,18,19). The second-order valence-corrected chi connectivity index (χ2v) is 5.29. The molecule has 5 heteroatoms. The van der Waals surface area contributed by atoms with Gasteiger partial charge in [0, 0.05) is 16.6 Å². The van der Waals surface area contributed by atoms with Crippen LogP contribution < -0.4 is 5.32 Å². The maximum absolute atomic E-state index is 13.4. The minimum atomic E-state index is -0.457. The molecule has 0 fully saturated rings. The van der Waals surface area contributed by atoms with Crippen molar-refractivity contribution in [2.24, 2.45) is 0 Å². The first-order valence-corrected chi connectivity index (χ1v) is 7.43. The predicted octanol–water partition coefficient (Wildman–Crippen LogP) is 4.74. The van der Waals surface area contributed by atoms with E-state index in [0.29, 0.717) is 15.5 Å². The van der Waals surface area contributed by atoms with E-state index >= 15 is 0 Å². The van der Waals surface area contributed by atoms with E-state index in [1.807, 2.05) is 24.3 Å². The molecule has 2 aromatic carbocycles. The molecular formula is C14H10Br2FNO. The molecule has 0 radical (unpaired) electrons. The van der Waals surface area contributed by atoms with Crippen molar-refractivity contribution in [2.75, 3.05) is 5.32 Å². The summed E-state index contributed by atoms with van der Waals surface area (Å²) in [6.07, 6.45) is 0. The summed E-state index contributed by atoms with van der Waals surface area (Å²) in [6, 6.07) is 11.7. The van der Waals surface area contributed by atoms with Crippen LogP contribution in [0.25, 0.3) is 0 Å². The SMILES string of the molecule is O=C(Nc1ccccc1CBr)c1ccc(Br)c(F)c1. The van der Waals surface area contributed by atoms with Crippen LogP contribution in [0.5, 0.6) is 0 Å². The number of nitrogens with one attached hydrogen (secondary N) is 1. The van der Waals surface area contributed by atoms with Crippen LogP contribution in [0.1, 0.15) is 15.9 Å². The van der Waals surface area contributed by atoms with E-state index in [4.69, 9.17) is 0 Å². The molecule has 0 unspecified atom stereocenters. The Morgan fingerprint density at radius 3 is 2.63 bits per heavy atom. The fourth-order valence-corrected chi connectivity index (χ4v) is 2.33. The number of rotatable bonds is 3. The first-order chi connectivity index (χ1) is 9.11. The molecule has 1 amide bonds. The zero-order valence-corrected chi connectivity index (χ0v) is 13.0. The third-order valence-corrected chi connectivity index (χ3v) is 3.84. The average molecular weight is 387 g/mol. The second-order valence-electron chi connectivity index (χ2n) is 3.87. The Bertz CT molecular complexity index is 616. The first kappa shape index (κ1) is 14.2. The molecular weight excluding hydrogens is 377 g/mol. The summed E-state index contributed by atoms with van der Waals surface area (Å²) in [7, 11) is 0. The molecule has 2 aromatic rings. The summed E-state index contributed by atoms with van der Waals surface area (Å²) in [4.78, 5) is 12.0. The van der Waals surface area contributed by atoms with Crippen molar-refractivity contribution < 1.29 is 9.18 Å². The number of carbonyl (C=O) groups is 1. The van der Waals surface area contributed by atoms with Crippen LogP contribution in [0.4, 0.5) is 10.1 Å². The van der Waals surface area contributed by atoms with Gasteiger partial charge in [-0.15, -0.1) is 0 Å². The lowest BCUT2D eigenvalue weighted by atomic mass is 10.1. The minimum absolute atomic E-state index is 0.282. The summed E-state index contributed by atoms with van der Waals surface area (Å²) < 4.78 is 13.7. The summed E-state index contributed by atoms with van der Waals surface area (Å²) in [5.41, 5.74) is 1.96. The first-order valence-electron chi connectivity index (χ1n) is 5.52. The van der Waals surface area contributed by atoms with Gasteiger partial charge in [-0.3, -0.25) is 4.79 Å². The van der Waals surface area contributed by atoms with E-state index in [1.54, 1.807) is 6.07 Å². The van der Waals surface area contributed by atoms with Crippen LogP contribution in [-0.4, -0.2) is 5.91 Å². The Kier molecular flexibility index (Phi) is 4.71. The number of hydrogen-bond donors (Lipinski definition) is 1. The molecule has 0 saturated heterocycles. The maximum Gasteiger partial charge on any atom is 0.255 e. The van der Waals surface area contributed by atoms with E-state index in [1.165, 1.54) is 12.1 Å². The molecule has 19 heavy (non-hydrogen) atoms. The molecule has 2 nitrogen and oxygen atoms in total. The summed E-state index contributed by atoms with van der Waals surface area (Å²) in [5.74, 6) is -0.791. The van der Waals surface area contributed by atoms with Crippen molar-refractivity contribution in [2.45, 2.75) is 5.33 Å². The highest BCUT2D eigenvalue weighted by Gasteiger charge is 2.10. The summed E-state index contributed by atoms with van der Waals surface area (Å²) in [6.45, 7) is 0. The van der Waals surface area contributed by atoms with Gasteiger partial charge in [0.25, 0.3) is 5.91 Å². The van der Waals surface area contributed by atoms with Gasteiger partial charge in [0.15, 0.2) is 0 Å². The Balaban J connectivity index is 2.23. The lowest BCUT2D eigenvalue weighted by Crippen LogP contribution is -2.13. The Morgan fingerprint density at radius 2 is 1.95 bits per heavy atom. The molecule has 2 rings (SSSR count). The highest BCUT2D eigenvalue weighted by Crippen LogP contribution is 2.20. The van der Waals surface area contributed by atoms with E-state index in [-0.39, 0.29) is 11.5 Å². The van der Waals surface area contributed by atoms with Gasteiger partial charge in [-0.1, -0.05) is 34.1 Å². The molecule has 0 bridgehead atoms. The van der Waals surface area contributed by atoms with Crippen molar-refractivity contribution in [1.82, 2.24) is 0 Å². The van der Waals surface area contributed by atoms with Crippen LogP contribution in [0.2, 0.25) is 0 Å². The molecule has 0 aliphatic rings. The van der Waals surface area contributed by atoms with Gasteiger partial charge in [0.2, 0.25) is 0 Å². The lowest BCUT2D eigenvalue weighted by molar-refractivity contribution is 0.102. The zero-order valence-electron chi connectivity index (χ0n) is 9.79. The van der Waals surface area contributed by atoms with Gasteiger partial charge < -0.3 is 5.32 Å². The number of anilines is 1. The average Bonchev–Trinajstić information content (AvgIpc) is 2.42. The van der Waals surface area contributed by atoms with Crippen molar-refractivity contribution in [3.8, 4) is 0 Å². The number of benzene rings is 2. The Labute approximate surface area is 127 Å². The van der Waals surface area contributed by atoms with Crippen LogP contribution >= 0.6 is 31.9 Å². The number of halogens is 3. The third-order valence-electron chi connectivity index (χ3n) is 2.59. The van der Waals surface area contributed by atoms with Gasteiger partial charge in [0.1, 0.15) is 5.82 Å². The van der Waals surface area contributed by atoms with Crippen molar-refractivity contribution >= 4 is 43.5 Å².